The minimum Gasteiger partial charge on any atom is -0.493 e. The van der Waals surface area contributed by atoms with Crippen LogP contribution in [0.3, 0.4) is 0 Å². The first-order valence-electron chi connectivity index (χ1n) is 10.00. The number of rotatable bonds is 8. The third-order valence-electron chi connectivity index (χ3n) is 5.23. The molecule has 1 aliphatic heterocycles. The van der Waals surface area contributed by atoms with Crippen molar-refractivity contribution in [1.29, 1.82) is 0 Å². The second kappa shape index (κ2) is 9.41. The zero-order valence-electron chi connectivity index (χ0n) is 17.4. The second-order valence-electron chi connectivity index (χ2n) is 8.52. The van der Waals surface area contributed by atoms with Crippen molar-refractivity contribution in [2.45, 2.75) is 40.0 Å². The number of benzene rings is 2. The van der Waals surface area contributed by atoms with Crippen LogP contribution in [0.4, 0.5) is 0 Å². The first-order valence-corrected chi connectivity index (χ1v) is 10.00. The molecule has 0 radical (unpaired) electrons. The summed E-state index contributed by atoms with van der Waals surface area (Å²) in [6.45, 7) is 10.1. The third-order valence-corrected chi connectivity index (χ3v) is 5.23. The fourth-order valence-corrected chi connectivity index (χ4v) is 3.73. The molecule has 1 saturated heterocycles. The van der Waals surface area contributed by atoms with Crippen LogP contribution in [0.1, 0.15) is 31.9 Å². The number of ether oxygens (including phenoxy) is 2. The summed E-state index contributed by atoms with van der Waals surface area (Å²) in [5.41, 5.74) is 9.29. The number of hydrogen-bond donors (Lipinski definition) is 3. The van der Waals surface area contributed by atoms with Gasteiger partial charge in [0.05, 0.1) is 7.11 Å². The molecule has 5 heteroatoms. The number of hydrogen-bond acceptors (Lipinski definition) is 5. The molecule has 0 aromatic heterocycles. The SMILES string of the molecule is COc1cc(CNCC2CNNC2C(C)(C)C)ccc1OCc1ccccc1. The average molecular weight is 384 g/mol. The number of hydrazine groups is 1. The highest BCUT2D eigenvalue weighted by atomic mass is 16.5. The van der Waals surface area contributed by atoms with Crippen molar-refractivity contribution in [3.63, 3.8) is 0 Å². The highest BCUT2D eigenvalue weighted by molar-refractivity contribution is 5.43. The van der Waals surface area contributed by atoms with Crippen LogP contribution in [-0.2, 0) is 13.2 Å². The Morgan fingerprint density at radius 2 is 1.82 bits per heavy atom. The molecule has 5 nitrogen and oxygen atoms in total. The molecular weight excluding hydrogens is 350 g/mol. The topological polar surface area (TPSA) is 54.5 Å². The van der Waals surface area contributed by atoms with Crippen LogP contribution < -0.4 is 25.6 Å². The highest BCUT2D eigenvalue weighted by Gasteiger charge is 2.35. The Bertz CT molecular complexity index is 743. The van der Waals surface area contributed by atoms with Crippen molar-refractivity contribution < 1.29 is 9.47 Å². The zero-order chi connectivity index (χ0) is 20.0. The Labute approximate surface area is 168 Å². The molecule has 28 heavy (non-hydrogen) atoms. The Morgan fingerprint density at radius 1 is 1.04 bits per heavy atom. The maximum absolute atomic E-state index is 5.94. The molecule has 2 atom stereocenters. The molecule has 1 fully saturated rings. The van der Waals surface area contributed by atoms with E-state index in [4.69, 9.17) is 9.47 Å². The minimum atomic E-state index is 0.233. The molecule has 2 aromatic rings. The first kappa shape index (κ1) is 20.6. The standard InChI is InChI=1S/C23H33N3O2/c1-23(2,3)22-19(15-25-26-22)14-24-13-18-10-11-20(21(12-18)27-4)28-16-17-8-6-5-7-9-17/h5-12,19,22,24-26H,13-16H2,1-4H3. The first-order chi connectivity index (χ1) is 13.5. The van der Waals surface area contributed by atoms with Gasteiger partial charge in [0, 0.05) is 31.6 Å². The molecule has 1 heterocycles. The normalized spacial score (nSPS) is 19.6. The third kappa shape index (κ3) is 5.47. The van der Waals surface area contributed by atoms with Crippen molar-refractivity contribution in [2.24, 2.45) is 11.3 Å². The van der Waals surface area contributed by atoms with Crippen LogP contribution in [-0.4, -0.2) is 26.2 Å². The quantitative estimate of drug-likeness (QED) is 0.651. The van der Waals surface area contributed by atoms with Gasteiger partial charge in [-0.15, -0.1) is 0 Å². The highest BCUT2D eigenvalue weighted by Crippen LogP contribution is 2.29. The molecule has 0 aliphatic carbocycles. The van der Waals surface area contributed by atoms with Crippen LogP contribution in [0.2, 0.25) is 0 Å². The minimum absolute atomic E-state index is 0.233. The van der Waals surface area contributed by atoms with Gasteiger partial charge in [-0.25, -0.2) is 0 Å². The van der Waals surface area contributed by atoms with E-state index in [2.05, 4.69) is 61.2 Å². The summed E-state index contributed by atoms with van der Waals surface area (Å²) in [5, 5.41) is 3.60. The maximum Gasteiger partial charge on any atom is 0.161 e. The molecule has 2 aromatic carbocycles. The van der Waals surface area contributed by atoms with Crippen LogP contribution in [0.25, 0.3) is 0 Å². The van der Waals surface area contributed by atoms with Gasteiger partial charge in [0.25, 0.3) is 0 Å². The summed E-state index contributed by atoms with van der Waals surface area (Å²) in [6, 6.07) is 16.8. The van der Waals surface area contributed by atoms with E-state index in [0.717, 1.165) is 36.7 Å². The Morgan fingerprint density at radius 3 is 2.54 bits per heavy atom. The molecule has 152 valence electrons. The Kier molecular flexibility index (Phi) is 6.94. The van der Waals surface area contributed by atoms with Gasteiger partial charge in [-0.3, -0.25) is 10.9 Å². The van der Waals surface area contributed by atoms with Gasteiger partial charge in [0.1, 0.15) is 6.61 Å². The van der Waals surface area contributed by atoms with E-state index in [0.29, 0.717) is 18.6 Å². The van der Waals surface area contributed by atoms with E-state index in [1.165, 1.54) is 5.56 Å². The predicted octanol–water partition coefficient (Wildman–Crippen LogP) is 3.50. The van der Waals surface area contributed by atoms with Crippen molar-refractivity contribution in [1.82, 2.24) is 16.2 Å². The molecular formula is C23H33N3O2. The lowest BCUT2D eigenvalue weighted by atomic mass is 9.80. The summed E-state index contributed by atoms with van der Waals surface area (Å²) in [4.78, 5) is 0. The van der Waals surface area contributed by atoms with Crippen molar-refractivity contribution in [3.05, 3.63) is 59.7 Å². The number of nitrogens with one attached hydrogen (secondary N) is 3. The van der Waals surface area contributed by atoms with Crippen molar-refractivity contribution in [3.8, 4) is 11.5 Å². The van der Waals surface area contributed by atoms with Crippen molar-refractivity contribution in [2.75, 3.05) is 20.2 Å². The van der Waals surface area contributed by atoms with Gasteiger partial charge in [-0.2, -0.15) is 0 Å². The van der Waals surface area contributed by atoms with Gasteiger partial charge in [0.2, 0.25) is 0 Å². The fourth-order valence-electron chi connectivity index (χ4n) is 3.73. The summed E-state index contributed by atoms with van der Waals surface area (Å²) < 4.78 is 11.5. The largest absolute Gasteiger partial charge is 0.493 e. The van der Waals surface area contributed by atoms with Gasteiger partial charge in [-0.05, 0) is 28.7 Å². The summed E-state index contributed by atoms with van der Waals surface area (Å²) in [6.07, 6.45) is 0. The molecule has 0 saturated carbocycles. The predicted molar refractivity (Wildman–Crippen MR) is 113 cm³/mol. The van der Waals surface area contributed by atoms with Gasteiger partial charge >= 0.3 is 0 Å². The summed E-state index contributed by atoms with van der Waals surface area (Å²) in [7, 11) is 1.69. The average Bonchev–Trinajstić information content (AvgIpc) is 3.17. The van der Waals surface area contributed by atoms with Gasteiger partial charge in [-0.1, -0.05) is 57.2 Å². The molecule has 1 aliphatic rings. The Hall–Kier alpha value is -2.08. The second-order valence-corrected chi connectivity index (χ2v) is 8.52. The van der Waals surface area contributed by atoms with Crippen molar-refractivity contribution >= 4 is 0 Å². The molecule has 0 spiro atoms. The van der Waals surface area contributed by atoms with E-state index in [1.54, 1.807) is 7.11 Å². The van der Waals surface area contributed by atoms with E-state index in [1.807, 2.05) is 24.3 Å². The van der Waals surface area contributed by atoms with Gasteiger partial charge < -0.3 is 14.8 Å². The van der Waals surface area contributed by atoms with Crippen LogP contribution in [0.5, 0.6) is 11.5 Å². The van der Waals surface area contributed by atoms with E-state index in [9.17, 15) is 0 Å². The van der Waals surface area contributed by atoms with E-state index >= 15 is 0 Å². The smallest absolute Gasteiger partial charge is 0.161 e. The summed E-state index contributed by atoms with van der Waals surface area (Å²) >= 11 is 0. The molecule has 0 amide bonds. The molecule has 3 N–H and O–H groups in total. The zero-order valence-corrected chi connectivity index (χ0v) is 17.4. The molecule has 3 rings (SSSR count). The van der Waals surface area contributed by atoms with Crippen LogP contribution in [0.15, 0.2) is 48.5 Å². The van der Waals surface area contributed by atoms with E-state index < -0.39 is 0 Å². The fraction of sp³-hybridized carbons (Fsp3) is 0.478. The molecule has 2 unspecified atom stereocenters. The lowest BCUT2D eigenvalue weighted by Gasteiger charge is -2.31. The van der Waals surface area contributed by atoms with Gasteiger partial charge in [0.15, 0.2) is 11.5 Å². The number of methoxy groups -OCH3 is 1. The van der Waals surface area contributed by atoms with Crippen LogP contribution in [0, 0.1) is 11.3 Å². The lowest BCUT2D eigenvalue weighted by molar-refractivity contribution is 0.235. The summed E-state index contributed by atoms with van der Waals surface area (Å²) in [5.74, 6) is 2.11. The maximum atomic E-state index is 5.94. The van der Waals surface area contributed by atoms with Crippen LogP contribution >= 0.6 is 0 Å². The lowest BCUT2D eigenvalue weighted by Crippen LogP contribution is -2.44. The molecule has 0 bridgehead atoms. The Balaban J connectivity index is 1.53. The monoisotopic (exact) mass is 383 g/mol. The van der Waals surface area contributed by atoms with E-state index in [-0.39, 0.29) is 5.41 Å².